The second kappa shape index (κ2) is 5.02. The Bertz CT molecular complexity index is 699. The molecule has 0 spiro atoms. The molecule has 0 aliphatic carbocycles. The van der Waals surface area contributed by atoms with E-state index >= 15 is 0 Å². The van der Waals surface area contributed by atoms with Gasteiger partial charge >= 0.3 is 0 Å². The van der Waals surface area contributed by atoms with Crippen LogP contribution in [0.3, 0.4) is 0 Å². The Morgan fingerprint density at radius 1 is 1.26 bits per heavy atom. The van der Waals surface area contributed by atoms with Gasteiger partial charge in [-0.3, -0.25) is 0 Å². The molecule has 0 bridgehead atoms. The molecule has 1 aromatic carbocycles. The van der Waals surface area contributed by atoms with E-state index in [9.17, 15) is 8.42 Å². The van der Waals surface area contributed by atoms with Crippen LogP contribution in [0.2, 0.25) is 5.15 Å². The van der Waals surface area contributed by atoms with Crippen LogP contribution in [0.15, 0.2) is 35.2 Å². The van der Waals surface area contributed by atoms with Crippen LogP contribution < -0.4 is 10.5 Å². The number of anilines is 1. The van der Waals surface area contributed by atoms with E-state index in [1.54, 1.807) is 12.1 Å². The molecule has 2 rings (SSSR count). The van der Waals surface area contributed by atoms with Crippen LogP contribution >= 0.6 is 11.6 Å². The van der Waals surface area contributed by atoms with Gasteiger partial charge in [-0.15, -0.1) is 0 Å². The minimum atomic E-state index is -3.30. The van der Waals surface area contributed by atoms with Crippen LogP contribution in [0, 0.1) is 0 Å². The van der Waals surface area contributed by atoms with Gasteiger partial charge in [0.05, 0.1) is 4.90 Å². The lowest BCUT2D eigenvalue weighted by molar-refractivity contribution is 0.461. The molecule has 2 N–H and O–H groups in total. The highest BCUT2D eigenvalue weighted by Gasteiger charge is 2.09. The molecule has 1 heterocycles. The molecule has 0 unspecified atom stereocenters. The Kier molecular flexibility index (Phi) is 3.59. The van der Waals surface area contributed by atoms with Crippen LogP contribution in [0.25, 0.3) is 0 Å². The minimum Gasteiger partial charge on any atom is -0.439 e. The number of nitrogens with two attached hydrogens (primary N) is 1. The summed E-state index contributed by atoms with van der Waals surface area (Å²) in [6.45, 7) is 0. The fraction of sp³-hybridized carbons (Fsp3) is 0.0909. The predicted octanol–water partition coefficient (Wildman–Crippen LogP) is 1.91. The van der Waals surface area contributed by atoms with Gasteiger partial charge in [0, 0.05) is 12.3 Å². The van der Waals surface area contributed by atoms with Crippen molar-refractivity contribution in [2.24, 2.45) is 0 Å². The highest BCUT2D eigenvalue weighted by Crippen LogP contribution is 2.24. The molecule has 2 aromatic rings. The highest BCUT2D eigenvalue weighted by molar-refractivity contribution is 7.90. The molecule has 100 valence electrons. The number of nitrogen functional groups attached to an aromatic ring is 1. The molecule has 0 aliphatic heterocycles. The van der Waals surface area contributed by atoms with Crippen molar-refractivity contribution in [1.82, 2.24) is 9.97 Å². The molecule has 1 aromatic heterocycles. The van der Waals surface area contributed by atoms with Crippen molar-refractivity contribution in [3.63, 3.8) is 0 Å². The number of benzene rings is 1. The van der Waals surface area contributed by atoms with Gasteiger partial charge in [0.1, 0.15) is 10.9 Å². The number of halogens is 1. The third-order valence-electron chi connectivity index (χ3n) is 2.14. The molecule has 6 nitrogen and oxygen atoms in total. The first kappa shape index (κ1) is 13.6. The third-order valence-corrected chi connectivity index (χ3v) is 3.45. The van der Waals surface area contributed by atoms with E-state index in [0.717, 1.165) is 6.26 Å². The van der Waals surface area contributed by atoms with Crippen LogP contribution in [-0.2, 0) is 9.84 Å². The molecule has 8 heteroatoms. The monoisotopic (exact) mass is 299 g/mol. The maximum atomic E-state index is 11.4. The molecule has 0 saturated heterocycles. The fourth-order valence-corrected chi connectivity index (χ4v) is 2.19. The van der Waals surface area contributed by atoms with Gasteiger partial charge in [0.25, 0.3) is 0 Å². The largest absolute Gasteiger partial charge is 0.439 e. The Balaban J connectivity index is 2.33. The van der Waals surface area contributed by atoms with Crippen molar-refractivity contribution in [3.05, 3.63) is 35.5 Å². The lowest BCUT2D eigenvalue weighted by atomic mass is 10.3. The van der Waals surface area contributed by atoms with Crippen molar-refractivity contribution in [2.75, 3.05) is 12.0 Å². The quantitative estimate of drug-likeness (QED) is 0.870. The first-order valence-corrected chi connectivity index (χ1v) is 7.39. The highest BCUT2D eigenvalue weighted by atomic mass is 35.5. The SMILES string of the molecule is CS(=O)(=O)c1cccc(Oc2cc(Cl)nc(N)n2)c1. The zero-order valence-electron chi connectivity index (χ0n) is 9.87. The van der Waals surface area contributed by atoms with Gasteiger partial charge in [0.15, 0.2) is 9.84 Å². The first-order valence-electron chi connectivity index (χ1n) is 5.12. The van der Waals surface area contributed by atoms with Crippen LogP contribution in [0.5, 0.6) is 11.6 Å². The van der Waals surface area contributed by atoms with Crippen molar-refractivity contribution < 1.29 is 13.2 Å². The Labute approximate surface area is 115 Å². The zero-order chi connectivity index (χ0) is 14.0. The minimum absolute atomic E-state index is 0.0261. The van der Waals surface area contributed by atoms with Crippen molar-refractivity contribution >= 4 is 27.4 Å². The van der Waals surface area contributed by atoms with E-state index < -0.39 is 9.84 Å². The molecule has 0 amide bonds. The maximum Gasteiger partial charge on any atom is 0.225 e. The van der Waals surface area contributed by atoms with Gasteiger partial charge in [-0.25, -0.2) is 13.4 Å². The Morgan fingerprint density at radius 3 is 2.63 bits per heavy atom. The van der Waals surface area contributed by atoms with E-state index in [4.69, 9.17) is 22.1 Å². The maximum absolute atomic E-state index is 11.4. The van der Waals surface area contributed by atoms with Crippen molar-refractivity contribution in [3.8, 4) is 11.6 Å². The zero-order valence-corrected chi connectivity index (χ0v) is 11.4. The summed E-state index contributed by atoms with van der Waals surface area (Å²) in [7, 11) is -3.30. The molecule has 19 heavy (non-hydrogen) atoms. The van der Waals surface area contributed by atoms with E-state index in [2.05, 4.69) is 9.97 Å². The average molecular weight is 300 g/mol. The van der Waals surface area contributed by atoms with E-state index in [1.807, 2.05) is 0 Å². The number of aromatic nitrogens is 2. The molecule has 0 aliphatic rings. The van der Waals surface area contributed by atoms with E-state index in [1.165, 1.54) is 18.2 Å². The summed E-state index contributed by atoms with van der Waals surface area (Å²) in [6, 6.07) is 7.41. The number of hydrogen-bond donors (Lipinski definition) is 1. The predicted molar refractivity (Wildman–Crippen MR) is 71.1 cm³/mol. The molecule has 0 fully saturated rings. The molecule has 0 radical (unpaired) electrons. The summed E-state index contributed by atoms with van der Waals surface area (Å²) >= 11 is 5.71. The normalized spacial score (nSPS) is 11.3. The van der Waals surface area contributed by atoms with Crippen molar-refractivity contribution in [2.45, 2.75) is 4.90 Å². The van der Waals surface area contributed by atoms with Gasteiger partial charge in [0.2, 0.25) is 11.8 Å². The first-order chi connectivity index (χ1) is 8.84. The van der Waals surface area contributed by atoms with E-state index in [-0.39, 0.29) is 21.9 Å². The summed E-state index contributed by atoms with van der Waals surface area (Å²) in [5, 5.41) is 0.141. The summed E-state index contributed by atoms with van der Waals surface area (Å²) in [5.41, 5.74) is 5.43. The van der Waals surface area contributed by atoms with Crippen LogP contribution in [-0.4, -0.2) is 24.6 Å². The summed E-state index contributed by atoms with van der Waals surface area (Å²) in [6.07, 6.45) is 1.12. The molecule has 0 atom stereocenters. The topological polar surface area (TPSA) is 95.2 Å². The lowest BCUT2D eigenvalue weighted by Gasteiger charge is -2.06. The van der Waals surface area contributed by atoms with Crippen LogP contribution in [0.4, 0.5) is 5.95 Å². The molecule has 0 saturated carbocycles. The lowest BCUT2D eigenvalue weighted by Crippen LogP contribution is -1.99. The molecular formula is C11H10ClN3O3S. The van der Waals surface area contributed by atoms with Gasteiger partial charge < -0.3 is 10.5 Å². The standard InChI is InChI=1S/C11H10ClN3O3S/c1-19(16,17)8-4-2-3-7(5-8)18-10-6-9(12)14-11(13)15-10/h2-6H,1H3,(H2,13,14,15). The number of hydrogen-bond acceptors (Lipinski definition) is 6. The molecular weight excluding hydrogens is 290 g/mol. The summed E-state index contributed by atoms with van der Waals surface area (Å²) in [5.74, 6) is 0.432. The van der Waals surface area contributed by atoms with Gasteiger partial charge in [-0.2, -0.15) is 4.98 Å². The average Bonchev–Trinajstić information content (AvgIpc) is 2.26. The smallest absolute Gasteiger partial charge is 0.225 e. The van der Waals surface area contributed by atoms with E-state index in [0.29, 0.717) is 5.75 Å². The summed E-state index contributed by atoms with van der Waals surface area (Å²) < 4.78 is 28.2. The fourth-order valence-electron chi connectivity index (χ4n) is 1.36. The Hall–Kier alpha value is -1.86. The second-order valence-electron chi connectivity index (χ2n) is 3.74. The number of sulfone groups is 1. The third kappa shape index (κ3) is 3.55. The van der Waals surface area contributed by atoms with Gasteiger partial charge in [-0.1, -0.05) is 17.7 Å². The summed E-state index contributed by atoms with van der Waals surface area (Å²) in [4.78, 5) is 7.67. The Morgan fingerprint density at radius 2 is 2.00 bits per heavy atom. The van der Waals surface area contributed by atoms with Crippen LogP contribution in [0.1, 0.15) is 0 Å². The van der Waals surface area contributed by atoms with Crippen molar-refractivity contribution in [1.29, 1.82) is 0 Å². The number of nitrogens with zero attached hydrogens (tertiary/aromatic N) is 2. The number of rotatable bonds is 3. The number of ether oxygens (including phenoxy) is 1. The van der Waals surface area contributed by atoms with Gasteiger partial charge in [-0.05, 0) is 18.2 Å². The second-order valence-corrected chi connectivity index (χ2v) is 6.14.